The summed E-state index contributed by atoms with van der Waals surface area (Å²) < 4.78 is 32.3. The van der Waals surface area contributed by atoms with Crippen molar-refractivity contribution in [2.45, 2.75) is 90.0 Å². The average molecular weight is 386 g/mol. The molecule has 2 rings (SSSR count). The van der Waals surface area contributed by atoms with Crippen molar-refractivity contribution in [3.05, 3.63) is 12.2 Å². The number of fused-ring (bicyclic) bond motifs is 1. The number of ether oxygens (including phenoxy) is 6. The van der Waals surface area contributed by atoms with E-state index < -0.39 is 35.7 Å². The van der Waals surface area contributed by atoms with Gasteiger partial charge in [0.25, 0.3) is 0 Å². The molecule has 1 aliphatic heterocycles. The van der Waals surface area contributed by atoms with Gasteiger partial charge in [0.15, 0.2) is 0 Å². The van der Waals surface area contributed by atoms with Gasteiger partial charge in [-0.3, -0.25) is 0 Å². The third-order valence-electron chi connectivity index (χ3n) is 3.72. The molecule has 4 atom stereocenters. The second-order valence-electron chi connectivity index (χ2n) is 8.63. The molecule has 0 radical (unpaired) electrons. The molecule has 0 bridgehead atoms. The maximum absolute atomic E-state index is 12.0. The molecule has 8 nitrogen and oxygen atoms in total. The molecule has 0 aromatic rings. The SMILES string of the molecule is CC(C)(C)OC(=O)OC1/C=C/C(OC(=O)OC(C)(C)C)CC2OCOC2C1. The van der Waals surface area contributed by atoms with Crippen molar-refractivity contribution in [1.82, 2.24) is 0 Å². The van der Waals surface area contributed by atoms with Crippen LogP contribution in [0.2, 0.25) is 0 Å². The quantitative estimate of drug-likeness (QED) is 0.524. The molecule has 154 valence electrons. The van der Waals surface area contributed by atoms with E-state index in [2.05, 4.69) is 0 Å². The monoisotopic (exact) mass is 386 g/mol. The second kappa shape index (κ2) is 8.48. The summed E-state index contributed by atoms with van der Waals surface area (Å²) in [6, 6.07) is 0. The Labute approximate surface area is 160 Å². The largest absolute Gasteiger partial charge is 0.509 e. The fourth-order valence-corrected chi connectivity index (χ4v) is 2.70. The first-order valence-corrected chi connectivity index (χ1v) is 9.12. The van der Waals surface area contributed by atoms with E-state index in [9.17, 15) is 9.59 Å². The van der Waals surface area contributed by atoms with Gasteiger partial charge in [-0.05, 0) is 53.7 Å². The zero-order valence-electron chi connectivity index (χ0n) is 16.9. The summed E-state index contributed by atoms with van der Waals surface area (Å²) in [6.07, 6.45) is 0.973. The zero-order valence-corrected chi connectivity index (χ0v) is 16.9. The predicted molar refractivity (Wildman–Crippen MR) is 95.2 cm³/mol. The molecule has 0 amide bonds. The standard InChI is InChI=1S/C19H30O8/c1-18(2,3)26-16(20)24-12-7-8-13(25-17(21)27-19(4,5)6)10-15-14(9-12)22-11-23-15/h7-8,12-15H,9-11H2,1-6H3/b8-7+. The molecule has 0 saturated carbocycles. The first kappa shape index (κ1) is 21.5. The van der Waals surface area contributed by atoms with Crippen LogP contribution in [0.1, 0.15) is 54.4 Å². The molecule has 0 N–H and O–H groups in total. The maximum Gasteiger partial charge on any atom is 0.509 e. The first-order chi connectivity index (χ1) is 12.4. The van der Waals surface area contributed by atoms with Crippen molar-refractivity contribution >= 4 is 12.3 Å². The van der Waals surface area contributed by atoms with Crippen molar-refractivity contribution in [3.63, 3.8) is 0 Å². The van der Waals surface area contributed by atoms with Crippen molar-refractivity contribution < 1.29 is 38.0 Å². The highest BCUT2D eigenvalue weighted by Gasteiger charge is 2.37. The Morgan fingerprint density at radius 3 is 1.48 bits per heavy atom. The normalized spacial score (nSPS) is 29.7. The summed E-state index contributed by atoms with van der Waals surface area (Å²) in [7, 11) is 0. The highest BCUT2D eigenvalue weighted by Crippen LogP contribution is 2.27. The van der Waals surface area contributed by atoms with Gasteiger partial charge in [-0.2, -0.15) is 0 Å². The molecule has 27 heavy (non-hydrogen) atoms. The van der Waals surface area contributed by atoms with Gasteiger partial charge in [0.2, 0.25) is 0 Å². The van der Waals surface area contributed by atoms with Crippen LogP contribution in [0.4, 0.5) is 9.59 Å². The summed E-state index contributed by atoms with van der Waals surface area (Å²) in [5, 5.41) is 0. The van der Waals surface area contributed by atoms with Crippen molar-refractivity contribution in [1.29, 1.82) is 0 Å². The fourth-order valence-electron chi connectivity index (χ4n) is 2.70. The summed E-state index contributed by atoms with van der Waals surface area (Å²) in [5.41, 5.74) is -1.30. The van der Waals surface area contributed by atoms with E-state index in [0.717, 1.165) is 0 Å². The van der Waals surface area contributed by atoms with Crippen molar-refractivity contribution in [2.24, 2.45) is 0 Å². The van der Waals surface area contributed by atoms with Crippen LogP contribution in [-0.4, -0.2) is 54.7 Å². The molecule has 1 heterocycles. The molecular formula is C19H30O8. The Kier molecular flexibility index (Phi) is 6.75. The van der Waals surface area contributed by atoms with Gasteiger partial charge in [0.05, 0.1) is 12.2 Å². The smallest absolute Gasteiger partial charge is 0.429 e. The lowest BCUT2D eigenvalue weighted by atomic mass is 9.97. The molecule has 0 aromatic heterocycles. The third-order valence-corrected chi connectivity index (χ3v) is 3.72. The van der Waals surface area contributed by atoms with Crippen LogP contribution < -0.4 is 0 Å². The van der Waals surface area contributed by atoms with E-state index in [1.807, 2.05) is 0 Å². The van der Waals surface area contributed by atoms with Crippen LogP contribution in [0.15, 0.2) is 12.2 Å². The Bertz CT molecular complexity index is 509. The number of hydrogen-bond acceptors (Lipinski definition) is 8. The topological polar surface area (TPSA) is 89.5 Å². The van der Waals surface area contributed by atoms with Gasteiger partial charge in [0, 0.05) is 12.8 Å². The number of rotatable bonds is 2. The van der Waals surface area contributed by atoms with Gasteiger partial charge in [-0.1, -0.05) is 0 Å². The minimum absolute atomic E-state index is 0.146. The van der Waals surface area contributed by atoms with E-state index in [1.165, 1.54) is 0 Å². The van der Waals surface area contributed by atoms with E-state index in [-0.39, 0.29) is 19.0 Å². The van der Waals surface area contributed by atoms with Crippen LogP contribution >= 0.6 is 0 Å². The summed E-state index contributed by atoms with van der Waals surface area (Å²) in [4.78, 5) is 24.0. The van der Waals surface area contributed by atoms with E-state index in [1.54, 1.807) is 53.7 Å². The summed E-state index contributed by atoms with van der Waals surface area (Å²) in [5.74, 6) is 0. The minimum atomic E-state index is -0.766. The van der Waals surface area contributed by atoms with Gasteiger partial charge in [0.1, 0.15) is 30.2 Å². The molecule has 1 aliphatic carbocycles. The Hall–Kier alpha value is -1.80. The van der Waals surface area contributed by atoms with Gasteiger partial charge >= 0.3 is 12.3 Å². The molecule has 1 saturated heterocycles. The predicted octanol–water partition coefficient (Wildman–Crippen LogP) is 3.72. The fraction of sp³-hybridized carbons (Fsp3) is 0.789. The minimum Gasteiger partial charge on any atom is -0.429 e. The molecule has 8 heteroatoms. The van der Waals surface area contributed by atoms with Crippen LogP contribution in [0, 0.1) is 0 Å². The molecule has 0 spiro atoms. The Morgan fingerprint density at radius 1 is 0.778 bits per heavy atom. The molecular weight excluding hydrogens is 356 g/mol. The number of carbonyl (C=O) groups excluding carboxylic acids is 2. The van der Waals surface area contributed by atoms with Crippen molar-refractivity contribution in [3.8, 4) is 0 Å². The van der Waals surface area contributed by atoms with Crippen molar-refractivity contribution in [2.75, 3.05) is 6.79 Å². The molecule has 1 fully saturated rings. The number of hydrogen-bond donors (Lipinski definition) is 0. The third kappa shape index (κ3) is 7.76. The van der Waals surface area contributed by atoms with E-state index >= 15 is 0 Å². The lowest BCUT2D eigenvalue weighted by Crippen LogP contribution is -2.36. The van der Waals surface area contributed by atoms with Crippen LogP contribution in [0.25, 0.3) is 0 Å². The van der Waals surface area contributed by atoms with Gasteiger partial charge < -0.3 is 28.4 Å². The lowest BCUT2D eigenvalue weighted by molar-refractivity contribution is -0.0382. The summed E-state index contributed by atoms with van der Waals surface area (Å²) in [6.45, 7) is 10.7. The van der Waals surface area contributed by atoms with Crippen LogP contribution in [-0.2, 0) is 28.4 Å². The van der Waals surface area contributed by atoms with E-state index in [0.29, 0.717) is 12.8 Å². The highest BCUT2D eigenvalue weighted by atomic mass is 16.7. The zero-order chi connectivity index (χ0) is 20.2. The second-order valence-corrected chi connectivity index (χ2v) is 8.63. The summed E-state index contributed by atoms with van der Waals surface area (Å²) >= 11 is 0. The molecule has 4 unspecified atom stereocenters. The molecule has 2 aliphatic rings. The number of carbonyl (C=O) groups is 2. The van der Waals surface area contributed by atoms with Gasteiger partial charge in [-0.25, -0.2) is 9.59 Å². The molecule has 0 aromatic carbocycles. The van der Waals surface area contributed by atoms with E-state index in [4.69, 9.17) is 28.4 Å². The van der Waals surface area contributed by atoms with Gasteiger partial charge in [-0.15, -0.1) is 0 Å². The first-order valence-electron chi connectivity index (χ1n) is 9.12. The Balaban J connectivity index is 2.04. The van der Waals surface area contributed by atoms with Crippen LogP contribution in [0.3, 0.4) is 0 Å². The Morgan fingerprint density at radius 2 is 1.15 bits per heavy atom. The lowest BCUT2D eigenvalue weighted by Gasteiger charge is -2.28. The average Bonchev–Trinajstić information content (AvgIpc) is 2.84. The highest BCUT2D eigenvalue weighted by molar-refractivity contribution is 5.61. The maximum atomic E-state index is 12.0. The van der Waals surface area contributed by atoms with Crippen LogP contribution in [0.5, 0.6) is 0 Å².